The predicted octanol–water partition coefficient (Wildman–Crippen LogP) is 4.89. The van der Waals surface area contributed by atoms with Crippen LogP contribution in [0.5, 0.6) is 0 Å². The minimum Gasteiger partial charge on any atom is -0.297 e. The first-order valence-electron chi connectivity index (χ1n) is 10.5. The Labute approximate surface area is 157 Å². The maximum Gasteiger partial charge on any atom is 0.0191 e. The summed E-state index contributed by atoms with van der Waals surface area (Å²) in [5.74, 6) is 4.71. The van der Waals surface area contributed by atoms with Gasteiger partial charge in [-0.25, -0.2) is 0 Å². The summed E-state index contributed by atoms with van der Waals surface area (Å²) in [6.07, 6.45) is 11.9. The van der Waals surface area contributed by atoms with Crippen LogP contribution in [0.2, 0.25) is 0 Å². The molecule has 2 saturated heterocycles. The normalized spacial score (nSPS) is 39.2. The van der Waals surface area contributed by atoms with E-state index in [-0.39, 0.29) is 0 Å². The van der Waals surface area contributed by atoms with Crippen LogP contribution in [0.25, 0.3) is 0 Å². The Kier molecular flexibility index (Phi) is 6.08. The zero-order valence-corrected chi connectivity index (χ0v) is 17.3. The fourth-order valence-corrected chi connectivity index (χ4v) is 8.85. The van der Waals surface area contributed by atoms with Gasteiger partial charge >= 0.3 is 0 Å². The first kappa shape index (κ1) is 18.0. The second kappa shape index (κ2) is 8.10. The van der Waals surface area contributed by atoms with Crippen molar-refractivity contribution in [3.63, 3.8) is 0 Å². The average molecular weight is 369 g/mol. The van der Waals surface area contributed by atoms with Crippen molar-refractivity contribution in [2.75, 3.05) is 24.6 Å². The molecule has 2 heterocycles. The van der Waals surface area contributed by atoms with Gasteiger partial charge in [0.2, 0.25) is 0 Å². The van der Waals surface area contributed by atoms with Gasteiger partial charge in [-0.2, -0.15) is 0 Å². The van der Waals surface area contributed by atoms with Crippen LogP contribution in [0.3, 0.4) is 0 Å². The molecule has 0 unspecified atom stereocenters. The topological polar surface area (TPSA) is 6.48 Å². The van der Waals surface area contributed by atoms with Crippen molar-refractivity contribution in [1.29, 1.82) is 0 Å². The molecule has 2 aliphatic carbocycles. The zero-order valence-electron chi connectivity index (χ0n) is 15.7. The monoisotopic (exact) mass is 368 g/mol. The van der Waals surface area contributed by atoms with E-state index < -0.39 is 0 Å². The number of nitrogens with zero attached hydrogens (tertiary/aromatic N) is 2. The molecule has 0 bridgehead atoms. The van der Waals surface area contributed by atoms with Crippen molar-refractivity contribution >= 4 is 21.6 Å². The van der Waals surface area contributed by atoms with E-state index in [0.717, 1.165) is 36.0 Å². The highest BCUT2D eigenvalue weighted by Crippen LogP contribution is 2.41. The summed E-state index contributed by atoms with van der Waals surface area (Å²) in [4.78, 5) is 5.69. The lowest BCUT2D eigenvalue weighted by molar-refractivity contribution is 0.196. The molecule has 4 rings (SSSR count). The van der Waals surface area contributed by atoms with Gasteiger partial charge in [0, 0.05) is 35.7 Å². The summed E-state index contributed by atoms with van der Waals surface area (Å²) in [5, 5.41) is 0. The Hall–Kier alpha value is 0.620. The number of hydrogen-bond donors (Lipinski definition) is 0. The van der Waals surface area contributed by atoms with E-state index in [2.05, 4.69) is 45.2 Å². The lowest BCUT2D eigenvalue weighted by atomic mass is 10.0. The van der Waals surface area contributed by atoms with Gasteiger partial charge in [0.05, 0.1) is 0 Å². The maximum absolute atomic E-state index is 2.85. The van der Waals surface area contributed by atoms with Gasteiger partial charge in [0.15, 0.2) is 0 Å². The molecule has 0 radical (unpaired) electrons. The zero-order chi connectivity index (χ0) is 16.5. The highest BCUT2D eigenvalue weighted by Gasteiger charge is 2.40. The van der Waals surface area contributed by atoms with Gasteiger partial charge in [-0.3, -0.25) is 9.80 Å². The molecular weight excluding hydrogens is 332 g/mol. The van der Waals surface area contributed by atoms with E-state index in [0.29, 0.717) is 0 Å². The van der Waals surface area contributed by atoms with Crippen molar-refractivity contribution in [2.45, 2.75) is 89.4 Å². The van der Waals surface area contributed by atoms with Crippen molar-refractivity contribution in [3.05, 3.63) is 0 Å². The van der Waals surface area contributed by atoms with Crippen LogP contribution in [0.1, 0.15) is 65.2 Å². The van der Waals surface area contributed by atoms with E-state index in [9.17, 15) is 0 Å². The average Bonchev–Trinajstić information content (AvgIpc) is 3.30. The Balaban J connectivity index is 1.15. The Bertz CT molecular complexity index is 380. The summed E-state index contributed by atoms with van der Waals surface area (Å²) in [5.41, 5.74) is 0. The van der Waals surface area contributed by atoms with Crippen molar-refractivity contribution < 1.29 is 0 Å². The van der Waals surface area contributed by atoms with Crippen LogP contribution < -0.4 is 0 Å². The van der Waals surface area contributed by atoms with Crippen molar-refractivity contribution in [3.8, 4) is 0 Å². The molecule has 2 saturated carbocycles. The van der Waals surface area contributed by atoms with Gasteiger partial charge < -0.3 is 0 Å². The molecule has 2 aliphatic heterocycles. The van der Waals surface area contributed by atoms with E-state index >= 15 is 0 Å². The minimum atomic E-state index is 0.775. The molecule has 0 N–H and O–H groups in total. The van der Waals surface area contributed by atoms with Crippen LogP contribution in [-0.4, -0.2) is 58.6 Å². The molecule has 0 aromatic carbocycles. The molecule has 4 heteroatoms. The van der Waals surface area contributed by atoms with Gasteiger partial charge in [-0.05, 0) is 77.3 Å². The van der Waals surface area contributed by atoms with Crippen LogP contribution in [0, 0.1) is 11.8 Å². The van der Waals surface area contributed by atoms with E-state index in [1.165, 1.54) is 76.0 Å². The standard InChI is InChI=1S/C20H36N2S2/c1-15(21-11-9-17-5-3-7-19(17)21)13-23-24-14-16(2)22-12-10-18-6-4-8-20(18)22/h15-20H,3-14H2,1-2H3/t15-,16-,17-,18-,19-,20-/m0/s1. The smallest absolute Gasteiger partial charge is 0.0191 e. The third-order valence-electron chi connectivity index (χ3n) is 7.44. The fraction of sp³-hybridized carbons (Fsp3) is 1.00. The van der Waals surface area contributed by atoms with E-state index in [4.69, 9.17) is 0 Å². The Morgan fingerprint density at radius 3 is 1.62 bits per heavy atom. The summed E-state index contributed by atoms with van der Waals surface area (Å²) in [6.45, 7) is 7.69. The van der Waals surface area contributed by atoms with E-state index in [1.807, 2.05) is 0 Å². The second-order valence-electron chi connectivity index (χ2n) is 8.84. The predicted molar refractivity (Wildman–Crippen MR) is 109 cm³/mol. The highest BCUT2D eigenvalue weighted by atomic mass is 33.1. The molecule has 6 atom stereocenters. The van der Waals surface area contributed by atoms with Crippen molar-refractivity contribution in [2.24, 2.45) is 11.8 Å². The molecule has 2 nitrogen and oxygen atoms in total. The van der Waals surface area contributed by atoms with Gasteiger partial charge in [0.1, 0.15) is 0 Å². The molecule has 24 heavy (non-hydrogen) atoms. The third-order valence-corrected chi connectivity index (χ3v) is 10.2. The fourth-order valence-electron chi connectivity index (χ4n) is 6.12. The number of hydrogen-bond acceptors (Lipinski definition) is 4. The van der Waals surface area contributed by atoms with Crippen LogP contribution in [-0.2, 0) is 0 Å². The Morgan fingerprint density at radius 1 is 0.708 bits per heavy atom. The van der Waals surface area contributed by atoms with Crippen LogP contribution in [0.4, 0.5) is 0 Å². The number of likely N-dealkylation sites (tertiary alicyclic amines) is 2. The number of fused-ring (bicyclic) bond motifs is 2. The lowest BCUT2D eigenvalue weighted by Gasteiger charge is -2.31. The summed E-state index contributed by atoms with van der Waals surface area (Å²) < 4.78 is 0. The summed E-state index contributed by atoms with van der Waals surface area (Å²) in [7, 11) is 4.29. The molecule has 138 valence electrons. The van der Waals surface area contributed by atoms with Gasteiger partial charge in [-0.15, -0.1) is 0 Å². The van der Waals surface area contributed by atoms with E-state index in [1.54, 1.807) is 0 Å². The molecule has 0 amide bonds. The SMILES string of the molecule is C[C@@H](CSSC[C@H](C)N1CC[C@@H]2CCC[C@@H]21)N1CC[C@@H]2CCC[C@@H]21. The Morgan fingerprint density at radius 2 is 1.17 bits per heavy atom. The third kappa shape index (κ3) is 3.68. The second-order valence-corrected chi connectivity index (χ2v) is 11.4. The first-order valence-corrected chi connectivity index (χ1v) is 13.0. The largest absolute Gasteiger partial charge is 0.297 e. The maximum atomic E-state index is 2.85. The number of rotatable bonds is 7. The molecule has 0 aromatic heterocycles. The molecule has 0 spiro atoms. The highest BCUT2D eigenvalue weighted by molar-refractivity contribution is 8.76. The summed E-state index contributed by atoms with van der Waals surface area (Å²) >= 11 is 0. The first-order chi connectivity index (χ1) is 11.7. The molecule has 0 aromatic rings. The van der Waals surface area contributed by atoms with Gasteiger partial charge in [-0.1, -0.05) is 34.4 Å². The van der Waals surface area contributed by atoms with Crippen LogP contribution in [0.15, 0.2) is 0 Å². The summed E-state index contributed by atoms with van der Waals surface area (Å²) in [6, 6.07) is 3.43. The minimum absolute atomic E-state index is 0.775. The van der Waals surface area contributed by atoms with Gasteiger partial charge in [0.25, 0.3) is 0 Å². The molecule has 4 fully saturated rings. The quantitative estimate of drug-likeness (QED) is 0.466. The molecular formula is C20H36N2S2. The van der Waals surface area contributed by atoms with Crippen LogP contribution >= 0.6 is 21.6 Å². The lowest BCUT2D eigenvalue weighted by Crippen LogP contribution is -2.39. The molecule has 4 aliphatic rings. The van der Waals surface area contributed by atoms with Crippen molar-refractivity contribution in [1.82, 2.24) is 9.80 Å².